The second kappa shape index (κ2) is 5.80. The molecule has 0 amide bonds. The van der Waals surface area contributed by atoms with Crippen LogP contribution in [-0.2, 0) is 10.4 Å². The quantitative estimate of drug-likeness (QED) is 0.349. The molecular weight excluding hydrogens is 324 g/mol. The van der Waals surface area contributed by atoms with Crippen molar-refractivity contribution in [3.05, 3.63) is 58.7 Å². The van der Waals surface area contributed by atoms with Crippen LogP contribution in [0.1, 0.15) is 31.8 Å². The first-order valence-electron chi connectivity index (χ1n) is 6.17. The summed E-state index contributed by atoms with van der Waals surface area (Å²) in [5.74, 6) is -0.433. The number of carbonyl (C=O) groups excluding carboxylic acids is 2. The van der Waals surface area contributed by atoms with E-state index in [2.05, 4.69) is 0 Å². The molecule has 9 heteroatoms. The van der Waals surface area contributed by atoms with Gasteiger partial charge in [-0.05, 0) is 12.1 Å². The Morgan fingerprint density at radius 2 is 1.26 bits per heavy atom. The van der Waals surface area contributed by atoms with Crippen LogP contribution < -0.4 is 11.5 Å². The monoisotopic (exact) mass is 336 g/mol. The van der Waals surface area contributed by atoms with E-state index in [4.69, 9.17) is 29.0 Å². The molecule has 1 aliphatic rings. The predicted octanol–water partition coefficient (Wildman–Crippen LogP) is 0.974. The molecule has 120 valence electrons. The van der Waals surface area contributed by atoms with Gasteiger partial charge in [-0.3, -0.25) is 18.7 Å². The molecule has 23 heavy (non-hydrogen) atoms. The number of fused-ring (bicyclic) bond motifs is 2. The average molecular weight is 336 g/mol. The minimum absolute atomic E-state index is 0.181. The molecule has 2 aromatic carbocycles. The lowest BCUT2D eigenvalue weighted by atomic mass is 9.83. The molecule has 0 spiro atoms. The van der Waals surface area contributed by atoms with Crippen LogP contribution in [0.3, 0.4) is 0 Å². The standard InChI is InChI=1S/C14H10N2O2.H2O4S/c15-10-6-5-9-11(12(10)16)14(18)8-4-2-1-3-7(8)13(9)17;1-5(2,3)4/h1-6H,15-16H2;(H2,1,2,3,4). The third kappa shape index (κ3) is 3.37. The number of benzene rings is 2. The van der Waals surface area contributed by atoms with Gasteiger partial charge in [0, 0.05) is 16.7 Å². The fourth-order valence-corrected chi connectivity index (χ4v) is 2.23. The van der Waals surface area contributed by atoms with Crippen LogP contribution in [0.2, 0.25) is 0 Å². The molecule has 0 saturated heterocycles. The Balaban J connectivity index is 0.000000338. The van der Waals surface area contributed by atoms with Crippen molar-refractivity contribution in [3.63, 3.8) is 0 Å². The van der Waals surface area contributed by atoms with Crippen LogP contribution in [0.25, 0.3) is 0 Å². The van der Waals surface area contributed by atoms with E-state index in [1.807, 2.05) is 0 Å². The van der Waals surface area contributed by atoms with Gasteiger partial charge in [0.05, 0.1) is 16.9 Å². The summed E-state index contributed by atoms with van der Waals surface area (Å²) in [7, 11) is -4.67. The van der Waals surface area contributed by atoms with Crippen molar-refractivity contribution >= 4 is 33.3 Å². The zero-order chi connectivity index (χ0) is 17.4. The summed E-state index contributed by atoms with van der Waals surface area (Å²) in [4.78, 5) is 24.6. The maximum absolute atomic E-state index is 12.3. The van der Waals surface area contributed by atoms with Crippen molar-refractivity contribution in [1.29, 1.82) is 0 Å². The van der Waals surface area contributed by atoms with Crippen molar-refractivity contribution in [2.24, 2.45) is 0 Å². The SMILES string of the molecule is Nc1ccc2c(c1N)C(=O)c1ccccc1C2=O.O=S(=O)(O)O. The van der Waals surface area contributed by atoms with Crippen molar-refractivity contribution in [1.82, 2.24) is 0 Å². The smallest absolute Gasteiger partial charge is 0.394 e. The molecule has 8 nitrogen and oxygen atoms in total. The number of anilines is 2. The first-order chi connectivity index (χ1) is 10.6. The zero-order valence-electron chi connectivity index (χ0n) is 11.6. The molecule has 3 rings (SSSR count). The van der Waals surface area contributed by atoms with Crippen LogP contribution in [0.5, 0.6) is 0 Å². The Hall–Kier alpha value is -2.75. The van der Waals surface area contributed by atoms with Gasteiger partial charge in [-0.2, -0.15) is 8.42 Å². The van der Waals surface area contributed by atoms with Crippen LogP contribution in [0.15, 0.2) is 36.4 Å². The van der Waals surface area contributed by atoms with Gasteiger partial charge in [0.1, 0.15) is 0 Å². The Morgan fingerprint density at radius 3 is 1.78 bits per heavy atom. The van der Waals surface area contributed by atoms with Gasteiger partial charge in [-0.1, -0.05) is 24.3 Å². The molecule has 1 aliphatic carbocycles. The second-order valence-electron chi connectivity index (χ2n) is 4.64. The van der Waals surface area contributed by atoms with Crippen LogP contribution in [0.4, 0.5) is 11.4 Å². The van der Waals surface area contributed by atoms with E-state index in [-0.39, 0.29) is 22.8 Å². The normalized spacial score (nSPS) is 12.8. The molecule has 0 aromatic heterocycles. The van der Waals surface area contributed by atoms with E-state index in [1.54, 1.807) is 36.4 Å². The molecule has 0 saturated carbocycles. The fraction of sp³-hybridized carbons (Fsp3) is 0. The highest BCUT2D eigenvalue weighted by Crippen LogP contribution is 2.33. The lowest BCUT2D eigenvalue weighted by Gasteiger charge is -2.19. The number of nitrogens with two attached hydrogens (primary N) is 2. The van der Waals surface area contributed by atoms with Gasteiger partial charge in [0.15, 0.2) is 11.6 Å². The number of hydrogen-bond donors (Lipinski definition) is 4. The van der Waals surface area contributed by atoms with Gasteiger partial charge in [-0.25, -0.2) is 0 Å². The summed E-state index contributed by atoms with van der Waals surface area (Å²) < 4.78 is 31.6. The Bertz CT molecular complexity index is 913. The Morgan fingerprint density at radius 1 is 0.783 bits per heavy atom. The highest BCUT2D eigenvalue weighted by atomic mass is 32.3. The maximum Gasteiger partial charge on any atom is 0.394 e. The lowest BCUT2D eigenvalue weighted by Crippen LogP contribution is -2.22. The number of nitrogen functional groups attached to an aromatic ring is 2. The largest absolute Gasteiger partial charge is 0.397 e. The average Bonchev–Trinajstić information content (AvgIpc) is 2.46. The number of hydrogen-bond acceptors (Lipinski definition) is 6. The molecular formula is C14H12N2O6S. The third-order valence-corrected chi connectivity index (χ3v) is 3.17. The van der Waals surface area contributed by atoms with Crippen molar-refractivity contribution in [3.8, 4) is 0 Å². The highest BCUT2D eigenvalue weighted by molar-refractivity contribution is 7.79. The predicted molar refractivity (Wildman–Crippen MR) is 82.8 cm³/mol. The number of carbonyl (C=O) groups is 2. The molecule has 0 bridgehead atoms. The Labute approximate surface area is 131 Å². The summed E-state index contributed by atoms with van der Waals surface area (Å²) in [6, 6.07) is 9.82. The van der Waals surface area contributed by atoms with Crippen LogP contribution in [-0.4, -0.2) is 29.1 Å². The van der Waals surface area contributed by atoms with Crippen molar-refractivity contribution in [2.75, 3.05) is 11.5 Å². The van der Waals surface area contributed by atoms with Crippen molar-refractivity contribution < 1.29 is 27.1 Å². The molecule has 0 radical (unpaired) electrons. The van der Waals surface area contributed by atoms with E-state index in [0.29, 0.717) is 22.4 Å². The van der Waals surface area contributed by atoms with E-state index in [0.717, 1.165) is 0 Å². The fourth-order valence-electron chi connectivity index (χ4n) is 2.23. The molecule has 0 fully saturated rings. The summed E-state index contributed by atoms with van der Waals surface area (Å²) in [6.45, 7) is 0. The second-order valence-corrected chi connectivity index (χ2v) is 5.54. The number of ketones is 2. The van der Waals surface area contributed by atoms with E-state index in [9.17, 15) is 9.59 Å². The summed E-state index contributed by atoms with van der Waals surface area (Å²) in [6.07, 6.45) is 0. The van der Waals surface area contributed by atoms with E-state index in [1.165, 1.54) is 0 Å². The molecule has 2 aromatic rings. The maximum atomic E-state index is 12.3. The first-order valence-corrected chi connectivity index (χ1v) is 7.57. The first kappa shape index (κ1) is 16.6. The zero-order valence-corrected chi connectivity index (χ0v) is 12.4. The molecule has 0 aliphatic heterocycles. The van der Waals surface area contributed by atoms with Gasteiger partial charge >= 0.3 is 10.4 Å². The van der Waals surface area contributed by atoms with E-state index >= 15 is 0 Å². The number of rotatable bonds is 0. The van der Waals surface area contributed by atoms with Gasteiger partial charge in [-0.15, -0.1) is 0 Å². The van der Waals surface area contributed by atoms with Crippen LogP contribution >= 0.6 is 0 Å². The minimum atomic E-state index is -4.67. The third-order valence-electron chi connectivity index (χ3n) is 3.17. The van der Waals surface area contributed by atoms with Gasteiger partial charge < -0.3 is 11.5 Å². The molecule has 0 heterocycles. The summed E-state index contributed by atoms with van der Waals surface area (Å²) in [5.41, 5.74) is 13.3. The highest BCUT2D eigenvalue weighted by Gasteiger charge is 2.31. The molecule has 0 unspecified atom stereocenters. The lowest BCUT2D eigenvalue weighted by molar-refractivity contribution is 0.0980. The Kier molecular flexibility index (Phi) is 4.19. The van der Waals surface area contributed by atoms with E-state index < -0.39 is 10.4 Å². The molecule has 6 N–H and O–H groups in total. The topological polar surface area (TPSA) is 161 Å². The van der Waals surface area contributed by atoms with Crippen molar-refractivity contribution in [2.45, 2.75) is 0 Å². The summed E-state index contributed by atoms with van der Waals surface area (Å²) >= 11 is 0. The van der Waals surface area contributed by atoms with Crippen LogP contribution in [0, 0.1) is 0 Å². The van der Waals surface area contributed by atoms with Gasteiger partial charge in [0.2, 0.25) is 0 Å². The minimum Gasteiger partial charge on any atom is -0.397 e. The van der Waals surface area contributed by atoms with Gasteiger partial charge in [0.25, 0.3) is 0 Å². The molecule has 0 atom stereocenters. The summed E-state index contributed by atoms with van der Waals surface area (Å²) in [5, 5.41) is 0.